The monoisotopic (exact) mass is 230 g/mol. The lowest BCUT2D eigenvalue weighted by molar-refractivity contribution is 0.762. The first-order chi connectivity index (χ1) is 8.08. The molecule has 2 rings (SSSR count). The van der Waals surface area contributed by atoms with Crippen LogP contribution in [0.1, 0.15) is 11.4 Å². The van der Waals surface area contributed by atoms with Gasteiger partial charge in [0.15, 0.2) is 0 Å². The van der Waals surface area contributed by atoms with Gasteiger partial charge in [-0.1, -0.05) is 6.07 Å². The summed E-state index contributed by atoms with van der Waals surface area (Å²) in [6.07, 6.45) is 3.76. The van der Waals surface area contributed by atoms with Crippen LogP contribution in [0, 0.1) is 6.92 Å². The molecule has 2 aromatic rings. The smallest absolute Gasteiger partial charge is 0.127 e. The second kappa shape index (κ2) is 4.49. The fourth-order valence-corrected chi connectivity index (χ4v) is 1.83. The second-order valence-corrected chi connectivity index (χ2v) is 4.37. The Kier molecular flexibility index (Phi) is 3.04. The maximum atomic E-state index is 5.99. The van der Waals surface area contributed by atoms with E-state index in [2.05, 4.69) is 22.9 Å². The number of aromatic nitrogens is 2. The van der Waals surface area contributed by atoms with E-state index in [4.69, 9.17) is 5.73 Å². The molecule has 0 bridgehead atoms. The predicted octanol–water partition coefficient (Wildman–Crippen LogP) is 1.95. The Morgan fingerprint density at radius 1 is 1.41 bits per heavy atom. The van der Waals surface area contributed by atoms with Crippen molar-refractivity contribution in [2.45, 2.75) is 13.5 Å². The number of nitrogen functional groups attached to an aromatic ring is 1. The van der Waals surface area contributed by atoms with Gasteiger partial charge in [0.1, 0.15) is 5.82 Å². The van der Waals surface area contributed by atoms with Gasteiger partial charge in [0.05, 0.1) is 17.9 Å². The molecular formula is C13H18N4. The number of hydrogen-bond acceptors (Lipinski definition) is 3. The maximum Gasteiger partial charge on any atom is 0.127 e. The van der Waals surface area contributed by atoms with Gasteiger partial charge in [-0.25, -0.2) is 4.98 Å². The van der Waals surface area contributed by atoms with Crippen molar-refractivity contribution in [3.8, 4) is 0 Å². The van der Waals surface area contributed by atoms with Gasteiger partial charge >= 0.3 is 0 Å². The molecule has 2 N–H and O–H groups in total. The van der Waals surface area contributed by atoms with Crippen molar-refractivity contribution >= 4 is 11.4 Å². The molecule has 0 saturated heterocycles. The molecule has 0 spiro atoms. The molecule has 4 heteroatoms. The molecule has 1 aromatic carbocycles. The summed E-state index contributed by atoms with van der Waals surface area (Å²) in [4.78, 5) is 6.43. The van der Waals surface area contributed by atoms with E-state index in [9.17, 15) is 0 Å². The molecule has 4 nitrogen and oxygen atoms in total. The molecule has 0 unspecified atom stereocenters. The normalized spacial score (nSPS) is 10.5. The molecule has 1 aromatic heterocycles. The van der Waals surface area contributed by atoms with Crippen molar-refractivity contribution < 1.29 is 0 Å². The van der Waals surface area contributed by atoms with Gasteiger partial charge in [-0.15, -0.1) is 0 Å². The molecule has 0 atom stereocenters. The van der Waals surface area contributed by atoms with Crippen molar-refractivity contribution in [3.63, 3.8) is 0 Å². The topological polar surface area (TPSA) is 47.1 Å². The Morgan fingerprint density at radius 2 is 2.18 bits per heavy atom. The number of nitrogens with zero attached hydrogens (tertiary/aromatic N) is 3. The minimum atomic E-state index is 0.747. The third-order valence-electron chi connectivity index (χ3n) is 2.90. The molecule has 90 valence electrons. The minimum Gasteiger partial charge on any atom is -0.397 e. The van der Waals surface area contributed by atoms with Gasteiger partial charge < -0.3 is 15.2 Å². The summed E-state index contributed by atoms with van der Waals surface area (Å²) in [5, 5.41) is 0. The number of imidazole rings is 1. The Balaban J connectivity index is 2.23. The number of hydrogen-bond donors (Lipinski definition) is 1. The molecule has 0 radical (unpaired) electrons. The molecule has 0 fully saturated rings. The first-order valence-corrected chi connectivity index (χ1v) is 5.61. The standard InChI is InChI=1S/C13H18N4/c1-10-4-5-11(14)12(8-10)17(3)9-13-15-6-7-16(13)2/h4-8H,9,14H2,1-3H3. The summed E-state index contributed by atoms with van der Waals surface area (Å²) in [6.45, 7) is 2.81. The highest BCUT2D eigenvalue weighted by molar-refractivity contribution is 5.68. The van der Waals surface area contributed by atoms with E-state index in [1.807, 2.05) is 43.2 Å². The van der Waals surface area contributed by atoms with Crippen molar-refractivity contribution in [2.24, 2.45) is 7.05 Å². The molecule has 1 heterocycles. The van der Waals surface area contributed by atoms with Crippen molar-refractivity contribution in [3.05, 3.63) is 42.0 Å². The average Bonchev–Trinajstić information content (AvgIpc) is 2.68. The van der Waals surface area contributed by atoms with Crippen LogP contribution in [0.2, 0.25) is 0 Å². The summed E-state index contributed by atoms with van der Waals surface area (Å²) in [6, 6.07) is 6.06. The van der Waals surface area contributed by atoms with Crippen LogP contribution in [-0.4, -0.2) is 16.6 Å². The van der Waals surface area contributed by atoms with E-state index in [1.54, 1.807) is 0 Å². The Bertz CT molecular complexity index is 516. The van der Waals surface area contributed by atoms with Crippen LogP contribution < -0.4 is 10.6 Å². The minimum absolute atomic E-state index is 0.747. The van der Waals surface area contributed by atoms with Crippen LogP contribution in [-0.2, 0) is 13.6 Å². The van der Waals surface area contributed by atoms with E-state index in [0.29, 0.717) is 0 Å². The van der Waals surface area contributed by atoms with Crippen LogP contribution >= 0.6 is 0 Å². The molecule has 0 saturated carbocycles. The van der Waals surface area contributed by atoms with Crippen LogP contribution in [0.25, 0.3) is 0 Å². The zero-order valence-electron chi connectivity index (χ0n) is 10.5. The maximum absolute atomic E-state index is 5.99. The number of rotatable bonds is 3. The van der Waals surface area contributed by atoms with E-state index >= 15 is 0 Å². The summed E-state index contributed by atoms with van der Waals surface area (Å²) < 4.78 is 2.02. The zero-order chi connectivity index (χ0) is 12.4. The van der Waals surface area contributed by atoms with Gasteiger partial charge in [0, 0.05) is 26.5 Å². The van der Waals surface area contributed by atoms with E-state index < -0.39 is 0 Å². The van der Waals surface area contributed by atoms with Gasteiger partial charge in [0.25, 0.3) is 0 Å². The Labute approximate surface area is 102 Å². The third-order valence-corrected chi connectivity index (χ3v) is 2.90. The molecular weight excluding hydrogens is 212 g/mol. The van der Waals surface area contributed by atoms with Crippen molar-refractivity contribution in [1.82, 2.24) is 9.55 Å². The lowest BCUT2D eigenvalue weighted by Gasteiger charge is -2.21. The van der Waals surface area contributed by atoms with Crippen LogP contribution in [0.4, 0.5) is 11.4 Å². The highest BCUT2D eigenvalue weighted by Crippen LogP contribution is 2.24. The number of benzene rings is 1. The fourth-order valence-electron chi connectivity index (χ4n) is 1.83. The van der Waals surface area contributed by atoms with Gasteiger partial charge in [-0.05, 0) is 24.6 Å². The van der Waals surface area contributed by atoms with E-state index in [1.165, 1.54) is 5.56 Å². The van der Waals surface area contributed by atoms with Crippen LogP contribution in [0.5, 0.6) is 0 Å². The zero-order valence-corrected chi connectivity index (χ0v) is 10.5. The highest BCUT2D eigenvalue weighted by atomic mass is 15.2. The fraction of sp³-hybridized carbons (Fsp3) is 0.308. The first kappa shape index (κ1) is 11.5. The molecule has 0 aliphatic carbocycles. The van der Waals surface area contributed by atoms with Gasteiger partial charge in [-0.2, -0.15) is 0 Å². The molecule has 17 heavy (non-hydrogen) atoms. The van der Waals surface area contributed by atoms with Gasteiger partial charge in [-0.3, -0.25) is 0 Å². The van der Waals surface area contributed by atoms with Crippen LogP contribution in [0.3, 0.4) is 0 Å². The summed E-state index contributed by atoms with van der Waals surface area (Å²) in [7, 11) is 4.02. The summed E-state index contributed by atoms with van der Waals surface area (Å²) >= 11 is 0. The van der Waals surface area contributed by atoms with E-state index in [0.717, 1.165) is 23.7 Å². The lowest BCUT2D eigenvalue weighted by atomic mass is 10.2. The average molecular weight is 230 g/mol. The highest BCUT2D eigenvalue weighted by Gasteiger charge is 2.08. The lowest BCUT2D eigenvalue weighted by Crippen LogP contribution is -2.20. The first-order valence-electron chi connectivity index (χ1n) is 5.61. The number of anilines is 2. The summed E-state index contributed by atoms with van der Waals surface area (Å²) in [5.74, 6) is 1.02. The number of aryl methyl sites for hydroxylation is 2. The summed E-state index contributed by atoms with van der Waals surface area (Å²) in [5.41, 5.74) is 9.05. The SMILES string of the molecule is Cc1ccc(N)c(N(C)Cc2nccn2C)c1. The second-order valence-electron chi connectivity index (χ2n) is 4.37. The quantitative estimate of drug-likeness (QED) is 0.820. The van der Waals surface area contributed by atoms with Gasteiger partial charge in [0.2, 0.25) is 0 Å². The largest absolute Gasteiger partial charge is 0.397 e. The van der Waals surface area contributed by atoms with Crippen molar-refractivity contribution in [1.29, 1.82) is 0 Å². The van der Waals surface area contributed by atoms with Crippen LogP contribution in [0.15, 0.2) is 30.6 Å². The molecule has 0 amide bonds. The number of nitrogens with two attached hydrogens (primary N) is 1. The predicted molar refractivity (Wildman–Crippen MR) is 70.9 cm³/mol. The molecule has 0 aliphatic heterocycles. The Hall–Kier alpha value is -1.97. The molecule has 0 aliphatic rings. The Morgan fingerprint density at radius 3 is 2.82 bits per heavy atom. The van der Waals surface area contributed by atoms with Crippen molar-refractivity contribution in [2.75, 3.05) is 17.7 Å². The third kappa shape index (κ3) is 2.41. The van der Waals surface area contributed by atoms with E-state index in [-0.39, 0.29) is 0 Å².